The molecule has 0 saturated carbocycles. The molecule has 0 aromatic heterocycles. The molecule has 0 fully saturated rings. The van der Waals surface area contributed by atoms with Crippen LogP contribution in [0.2, 0.25) is 0 Å². The highest BCUT2D eigenvalue weighted by molar-refractivity contribution is 6.04. The lowest BCUT2D eigenvalue weighted by Gasteiger charge is -2.20. The first-order chi connectivity index (χ1) is 12.3. The Labute approximate surface area is 147 Å². The van der Waals surface area contributed by atoms with Crippen LogP contribution in [0.25, 0.3) is 11.1 Å². The van der Waals surface area contributed by atoms with Gasteiger partial charge in [-0.1, -0.05) is 48.5 Å². The molecule has 2 aromatic carbocycles. The average Bonchev–Trinajstić information content (AvgIpc) is 2.55. The first-order valence-electron chi connectivity index (χ1n) is 7.35. The Hall–Kier alpha value is -3.68. The number of hydrogen-bond acceptors (Lipinski definition) is 4. The van der Waals surface area contributed by atoms with Crippen LogP contribution in [0.4, 0.5) is 0 Å². The van der Waals surface area contributed by atoms with Gasteiger partial charge in [-0.2, -0.15) is 0 Å². The van der Waals surface area contributed by atoms with E-state index in [0.717, 1.165) is 6.07 Å². The molecule has 0 aliphatic heterocycles. The Morgan fingerprint density at radius 2 is 1.12 bits per heavy atom. The number of aliphatic carboxylic acids is 4. The molecule has 0 atom stereocenters. The van der Waals surface area contributed by atoms with Gasteiger partial charge >= 0.3 is 23.9 Å². The van der Waals surface area contributed by atoms with Crippen LogP contribution in [0.1, 0.15) is 23.0 Å². The Balaban J connectivity index is 2.89. The summed E-state index contributed by atoms with van der Waals surface area (Å²) in [7, 11) is 0. The van der Waals surface area contributed by atoms with Gasteiger partial charge < -0.3 is 20.4 Å². The summed E-state index contributed by atoms with van der Waals surface area (Å²) >= 11 is 0. The Morgan fingerprint density at radius 3 is 1.58 bits per heavy atom. The molecular formula is C18H14O8. The van der Waals surface area contributed by atoms with Crippen molar-refractivity contribution < 1.29 is 39.6 Å². The van der Waals surface area contributed by atoms with Crippen LogP contribution in [0, 0.1) is 0 Å². The smallest absolute Gasteiger partial charge is 0.322 e. The van der Waals surface area contributed by atoms with Crippen LogP contribution >= 0.6 is 0 Å². The quantitative estimate of drug-likeness (QED) is 0.548. The van der Waals surface area contributed by atoms with Crippen molar-refractivity contribution in [3.05, 3.63) is 59.7 Å². The van der Waals surface area contributed by atoms with E-state index in [1.165, 1.54) is 12.1 Å². The fourth-order valence-electron chi connectivity index (χ4n) is 2.75. The molecule has 0 aliphatic carbocycles. The first-order valence-corrected chi connectivity index (χ1v) is 7.35. The Morgan fingerprint density at radius 1 is 0.615 bits per heavy atom. The minimum absolute atomic E-state index is 0.144. The van der Waals surface area contributed by atoms with Crippen LogP contribution in [-0.4, -0.2) is 44.3 Å². The standard InChI is InChI=1S/C18H14O8/c19-15(20)13(16(21)22)11-8-4-7-10(9-5-2-1-3-6-9)12(11)14(17(23)24)18(25)26/h1-8,13-14H,(H,19,20)(H,21,22)(H,23,24)(H,25,26). The molecule has 8 nitrogen and oxygen atoms in total. The van der Waals surface area contributed by atoms with Crippen molar-refractivity contribution in [1.29, 1.82) is 0 Å². The van der Waals surface area contributed by atoms with Crippen molar-refractivity contribution in [2.24, 2.45) is 0 Å². The van der Waals surface area contributed by atoms with Gasteiger partial charge in [0.15, 0.2) is 11.8 Å². The molecule has 134 valence electrons. The lowest BCUT2D eigenvalue weighted by Crippen LogP contribution is -2.28. The molecule has 0 aliphatic rings. The molecule has 26 heavy (non-hydrogen) atoms. The molecule has 4 N–H and O–H groups in total. The monoisotopic (exact) mass is 358 g/mol. The first kappa shape index (κ1) is 18.7. The summed E-state index contributed by atoms with van der Waals surface area (Å²) in [5.41, 5.74) is -0.175. The van der Waals surface area contributed by atoms with Gasteiger partial charge in [-0.05, 0) is 22.3 Å². The van der Waals surface area contributed by atoms with Crippen LogP contribution in [0.3, 0.4) is 0 Å². The molecule has 8 heteroatoms. The van der Waals surface area contributed by atoms with E-state index in [4.69, 9.17) is 0 Å². The normalized spacial score (nSPS) is 10.7. The molecule has 0 spiro atoms. The Kier molecular flexibility index (Phi) is 5.36. The van der Waals surface area contributed by atoms with E-state index in [1.54, 1.807) is 30.3 Å². The second-order valence-electron chi connectivity index (χ2n) is 5.39. The topological polar surface area (TPSA) is 149 Å². The second-order valence-corrected chi connectivity index (χ2v) is 5.39. The zero-order valence-electron chi connectivity index (χ0n) is 13.2. The van der Waals surface area contributed by atoms with Crippen molar-refractivity contribution in [2.45, 2.75) is 11.8 Å². The molecule has 0 bridgehead atoms. The lowest BCUT2D eigenvalue weighted by molar-refractivity contribution is -0.153. The van der Waals surface area contributed by atoms with E-state index < -0.39 is 35.7 Å². The summed E-state index contributed by atoms with van der Waals surface area (Å²) in [5.74, 6) is -11.1. The Bertz CT molecular complexity index is 844. The fraction of sp³-hybridized carbons (Fsp3) is 0.111. The fourth-order valence-corrected chi connectivity index (χ4v) is 2.75. The number of carbonyl (C=O) groups is 4. The summed E-state index contributed by atoms with van der Waals surface area (Å²) < 4.78 is 0. The second kappa shape index (κ2) is 7.47. The zero-order valence-corrected chi connectivity index (χ0v) is 13.2. The van der Waals surface area contributed by atoms with Crippen molar-refractivity contribution in [1.82, 2.24) is 0 Å². The molecule has 2 aromatic rings. The maximum atomic E-state index is 11.6. The highest BCUT2D eigenvalue weighted by atomic mass is 16.4. The molecule has 0 unspecified atom stereocenters. The maximum absolute atomic E-state index is 11.6. The lowest BCUT2D eigenvalue weighted by atomic mass is 9.82. The molecule has 0 radical (unpaired) electrons. The van der Waals surface area contributed by atoms with Crippen molar-refractivity contribution in [3.8, 4) is 11.1 Å². The highest BCUT2D eigenvalue weighted by Crippen LogP contribution is 2.36. The third kappa shape index (κ3) is 3.54. The average molecular weight is 358 g/mol. The predicted octanol–water partition coefficient (Wildman–Crippen LogP) is 1.86. The number of carboxylic acids is 4. The number of hydrogen-bond donors (Lipinski definition) is 4. The third-order valence-corrected chi connectivity index (χ3v) is 3.81. The largest absolute Gasteiger partial charge is 0.480 e. The van der Waals surface area contributed by atoms with E-state index in [1.807, 2.05) is 0 Å². The highest BCUT2D eigenvalue weighted by Gasteiger charge is 2.38. The van der Waals surface area contributed by atoms with Gasteiger partial charge in [0.2, 0.25) is 0 Å². The van der Waals surface area contributed by atoms with E-state index in [9.17, 15) is 39.6 Å². The SMILES string of the molecule is O=C(O)C(C(=O)O)c1cccc(-c2ccccc2)c1C(C(=O)O)C(=O)O. The van der Waals surface area contributed by atoms with Crippen molar-refractivity contribution >= 4 is 23.9 Å². The van der Waals surface area contributed by atoms with Crippen LogP contribution < -0.4 is 0 Å². The van der Waals surface area contributed by atoms with E-state index in [-0.39, 0.29) is 16.7 Å². The maximum Gasteiger partial charge on any atom is 0.322 e. The molecule has 2 rings (SSSR count). The molecule has 0 saturated heterocycles. The van der Waals surface area contributed by atoms with Crippen LogP contribution in [0.5, 0.6) is 0 Å². The summed E-state index contributed by atoms with van der Waals surface area (Å²) in [6, 6.07) is 12.0. The number of rotatable bonds is 7. The minimum Gasteiger partial charge on any atom is -0.480 e. The van der Waals surface area contributed by atoms with Crippen molar-refractivity contribution in [2.75, 3.05) is 0 Å². The summed E-state index contributed by atoms with van der Waals surface area (Å²) in [5, 5.41) is 37.3. The van der Waals surface area contributed by atoms with Gasteiger partial charge in [-0.3, -0.25) is 19.2 Å². The number of benzene rings is 2. The van der Waals surface area contributed by atoms with E-state index in [2.05, 4.69) is 0 Å². The van der Waals surface area contributed by atoms with Gasteiger partial charge in [-0.25, -0.2) is 0 Å². The summed E-state index contributed by atoms with van der Waals surface area (Å²) in [4.78, 5) is 46.0. The van der Waals surface area contributed by atoms with E-state index >= 15 is 0 Å². The van der Waals surface area contributed by atoms with Gasteiger partial charge in [0.05, 0.1) is 0 Å². The predicted molar refractivity (Wildman–Crippen MR) is 87.9 cm³/mol. The molecular weight excluding hydrogens is 344 g/mol. The van der Waals surface area contributed by atoms with E-state index in [0.29, 0.717) is 5.56 Å². The van der Waals surface area contributed by atoms with Gasteiger partial charge in [0.1, 0.15) is 0 Å². The van der Waals surface area contributed by atoms with Gasteiger partial charge in [0, 0.05) is 0 Å². The van der Waals surface area contributed by atoms with Crippen LogP contribution in [-0.2, 0) is 19.2 Å². The summed E-state index contributed by atoms with van der Waals surface area (Å²) in [6.45, 7) is 0. The van der Waals surface area contributed by atoms with Crippen LogP contribution in [0.15, 0.2) is 48.5 Å². The molecule has 0 amide bonds. The van der Waals surface area contributed by atoms with Gasteiger partial charge in [-0.15, -0.1) is 0 Å². The van der Waals surface area contributed by atoms with Crippen molar-refractivity contribution in [3.63, 3.8) is 0 Å². The minimum atomic E-state index is -2.12. The summed E-state index contributed by atoms with van der Waals surface area (Å²) in [6.07, 6.45) is 0. The molecule has 0 heterocycles. The third-order valence-electron chi connectivity index (χ3n) is 3.81. The zero-order chi connectivity index (χ0) is 19.4. The number of carboxylic acid groups (broad SMARTS) is 4. The van der Waals surface area contributed by atoms with Gasteiger partial charge in [0.25, 0.3) is 0 Å².